The van der Waals surface area contributed by atoms with Crippen LogP contribution in [0, 0.1) is 12.8 Å². The molecule has 0 radical (unpaired) electrons. The van der Waals surface area contributed by atoms with Crippen molar-refractivity contribution in [3.05, 3.63) is 35.4 Å². The molecule has 0 heterocycles. The first kappa shape index (κ1) is 13.4. The number of aryl methyl sites for hydroxylation is 1. The smallest absolute Gasteiger partial charge is 0.326 e. The highest BCUT2D eigenvalue weighted by atomic mass is 16.4. The summed E-state index contributed by atoms with van der Waals surface area (Å²) in [6.45, 7) is 2.38. The van der Waals surface area contributed by atoms with Crippen LogP contribution in [0.1, 0.15) is 24.0 Å². The summed E-state index contributed by atoms with van der Waals surface area (Å²) >= 11 is 0. The molecule has 1 unspecified atom stereocenters. The van der Waals surface area contributed by atoms with Crippen LogP contribution in [0.5, 0.6) is 0 Å². The first-order valence-corrected chi connectivity index (χ1v) is 6.39. The van der Waals surface area contributed by atoms with Gasteiger partial charge in [0.1, 0.15) is 6.04 Å². The van der Waals surface area contributed by atoms with Crippen LogP contribution in [0.3, 0.4) is 0 Å². The molecule has 2 rings (SSSR count). The van der Waals surface area contributed by atoms with Gasteiger partial charge in [0.25, 0.3) is 0 Å². The Morgan fingerprint density at radius 2 is 2.16 bits per heavy atom. The lowest BCUT2D eigenvalue weighted by Gasteiger charge is -2.14. The van der Waals surface area contributed by atoms with E-state index in [0.717, 1.165) is 24.0 Å². The number of carbonyl (C=O) groups excluding carboxylic acids is 1. The van der Waals surface area contributed by atoms with Crippen LogP contribution in [0.4, 0.5) is 4.79 Å². The molecule has 19 heavy (non-hydrogen) atoms. The highest BCUT2D eigenvalue weighted by Crippen LogP contribution is 2.32. The quantitative estimate of drug-likeness (QED) is 0.755. The van der Waals surface area contributed by atoms with Crippen LogP contribution in [0.2, 0.25) is 0 Å². The zero-order chi connectivity index (χ0) is 13.8. The lowest BCUT2D eigenvalue weighted by Crippen LogP contribution is -2.46. The van der Waals surface area contributed by atoms with Crippen LogP contribution in [0.15, 0.2) is 24.3 Å². The van der Waals surface area contributed by atoms with Gasteiger partial charge in [0.05, 0.1) is 0 Å². The average Bonchev–Trinajstić information content (AvgIpc) is 3.17. The Labute approximate surface area is 112 Å². The van der Waals surface area contributed by atoms with Crippen molar-refractivity contribution in [3.63, 3.8) is 0 Å². The molecule has 1 saturated carbocycles. The van der Waals surface area contributed by atoms with Gasteiger partial charge in [0, 0.05) is 6.54 Å². The molecule has 0 aliphatic heterocycles. The second-order valence-electron chi connectivity index (χ2n) is 4.97. The summed E-state index contributed by atoms with van der Waals surface area (Å²) in [5, 5.41) is 14.2. The number of rotatable bonds is 5. The van der Waals surface area contributed by atoms with Crippen molar-refractivity contribution in [1.82, 2.24) is 10.6 Å². The average molecular weight is 262 g/mol. The number of hydrogen-bond acceptors (Lipinski definition) is 2. The van der Waals surface area contributed by atoms with E-state index < -0.39 is 18.0 Å². The molecule has 0 saturated heterocycles. The highest BCUT2D eigenvalue weighted by Gasteiger charge is 2.37. The van der Waals surface area contributed by atoms with Crippen LogP contribution < -0.4 is 10.6 Å². The zero-order valence-corrected chi connectivity index (χ0v) is 10.8. The van der Waals surface area contributed by atoms with Crippen molar-refractivity contribution in [2.45, 2.75) is 32.4 Å². The minimum atomic E-state index is -0.965. The van der Waals surface area contributed by atoms with Crippen molar-refractivity contribution >= 4 is 12.0 Å². The molecule has 1 aromatic carbocycles. The molecular formula is C14H18N2O3. The number of nitrogens with one attached hydrogen (secondary N) is 2. The monoisotopic (exact) mass is 262 g/mol. The molecule has 1 aliphatic carbocycles. The lowest BCUT2D eigenvalue weighted by atomic mass is 10.1. The summed E-state index contributed by atoms with van der Waals surface area (Å²) in [4.78, 5) is 22.7. The van der Waals surface area contributed by atoms with E-state index in [1.165, 1.54) is 0 Å². The van der Waals surface area contributed by atoms with E-state index in [4.69, 9.17) is 5.11 Å². The lowest BCUT2D eigenvalue weighted by molar-refractivity contribution is -0.139. The first-order chi connectivity index (χ1) is 9.06. The van der Waals surface area contributed by atoms with Crippen LogP contribution in [-0.2, 0) is 11.3 Å². The Bertz CT molecular complexity index is 483. The molecule has 0 spiro atoms. The van der Waals surface area contributed by atoms with Crippen molar-refractivity contribution in [1.29, 1.82) is 0 Å². The fraction of sp³-hybridized carbons (Fsp3) is 0.429. The summed E-state index contributed by atoms with van der Waals surface area (Å²) < 4.78 is 0. The van der Waals surface area contributed by atoms with E-state index in [0.29, 0.717) is 6.54 Å². The number of aliphatic carboxylic acids is 1. The molecule has 1 atom stereocenters. The second-order valence-corrected chi connectivity index (χ2v) is 4.97. The normalized spacial score (nSPS) is 15.6. The molecular weight excluding hydrogens is 244 g/mol. The number of hydrogen-bond donors (Lipinski definition) is 3. The molecule has 3 N–H and O–H groups in total. The maximum atomic E-state index is 11.7. The van der Waals surface area contributed by atoms with E-state index in [9.17, 15) is 9.59 Å². The fourth-order valence-electron chi connectivity index (χ4n) is 2.01. The summed E-state index contributed by atoms with van der Waals surface area (Å²) in [7, 11) is 0. The maximum Gasteiger partial charge on any atom is 0.326 e. The van der Waals surface area contributed by atoms with Gasteiger partial charge in [0.2, 0.25) is 0 Å². The number of carboxylic acid groups (broad SMARTS) is 1. The summed E-state index contributed by atoms with van der Waals surface area (Å²) in [6.07, 6.45) is 1.74. The van der Waals surface area contributed by atoms with Crippen LogP contribution in [0.25, 0.3) is 0 Å². The molecule has 0 bridgehead atoms. The van der Waals surface area contributed by atoms with Crippen molar-refractivity contribution < 1.29 is 14.7 Å². The SMILES string of the molecule is Cc1cccc(CNC(=O)NC(C(=O)O)C2CC2)c1. The van der Waals surface area contributed by atoms with Crippen molar-refractivity contribution in [2.24, 2.45) is 5.92 Å². The van der Waals surface area contributed by atoms with Crippen LogP contribution in [-0.4, -0.2) is 23.1 Å². The van der Waals surface area contributed by atoms with Gasteiger partial charge in [-0.3, -0.25) is 0 Å². The standard InChI is InChI=1S/C14H18N2O3/c1-9-3-2-4-10(7-9)8-15-14(19)16-12(13(17)18)11-5-6-11/h2-4,7,11-12H,5-6,8H2,1H3,(H,17,18)(H2,15,16,19). The predicted molar refractivity (Wildman–Crippen MR) is 70.7 cm³/mol. The summed E-state index contributed by atoms with van der Waals surface area (Å²) in [6, 6.07) is 6.61. The Hall–Kier alpha value is -2.04. The van der Waals surface area contributed by atoms with E-state index in [2.05, 4.69) is 10.6 Å². The van der Waals surface area contributed by atoms with E-state index in [1.54, 1.807) is 0 Å². The Morgan fingerprint density at radius 1 is 1.42 bits per heavy atom. The van der Waals surface area contributed by atoms with Crippen molar-refractivity contribution in [3.8, 4) is 0 Å². The third-order valence-corrected chi connectivity index (χ3v) is 3.18. The minimum absolute atomic E-state index is 0.0854. The molecule has 1 aromatic rings. The molecule has 5 nitrogen and oxygen atoms in total. The Balaban J connectivity index is 1.82. The van der Waals surface area contributed by atoms with Gasteiger partial charge in [-0.25, -0.2) is 9.59 Å². The van der Waals surface area contributed by atoms with Gasteiger partial charge < -0.3 is 15.7 Å². The van der Waals surface area contributed by atoms with Gasteiger partial charge >= 0.3 is 12.0 Å². The highest BCUT2D eigenvalue weighted by molar-refractivity contribution is 5.83. The van der Waals surface area contributed by atoms with Gasteiger partial charge in [-0.1, -0.05) is 29.8 Å². The number of carbonyl (C=O) groups is 2. The van der Waals surface area contributed by atoms with Gasteiger partial charge in [-0.2, -0.15) is 0 Å². The van der Waals surface area contributed by atoms with E-state index >= 15 is 0 Å². The second kappa shape index (κ2) is 5.73. The van der Waals surface area contributed by atoms with Crippen molar-refractivity contribution in [2.75, 3.05) is 0 Å². The zero-order valence-electron chi connectivity index (χ0n) is 10.8. The topological polar surface area (TPSA) is 78.4 Å². The molecule has 2 amide bonds. The van der Waals surface area contributed by atoms with Gasteiger partial charge in [0.15, 0.2) is 0 Å². The fourth-order valence-corrected chi connectivity index (χ4v) is 2.01. The van der Waals surface area contributed by atoms with Gasteiger partial charge in [-0.05, 0) is 31.2 Å². The first-order valence-electron chi connectivity index (χ1n) is 6.39. The minimum Gasteiger partial charge on any atom is -0.480 e. The Kier molecular flexibility index (Phi) is 4.04. The maximum absolute atomic E-state index is 11.7. The molecule has 1 fully saturated rings. The number of carboxylic acids is 1. The van der Waals surface area contributed by atoms with Gasteiger partial charge in [-0.15, -0.1) is 0 Å². The summed E-state index contributed by atoms with van der Waals surface area (Å²) in [5.74, 6) is -0.879. The van der Waals surface area contributed by atoms with E-state index in [-0.39, 0.29) is 5.92 Å². The van der Waals surface area contributed by atoms with E-state index in [1.807, 2.05) is 31.2 Å². The molecule has 102 valence electrons. The molecule has 5 heteroatoms. The third kappa shape index (κ3) is 3.98. The number of amides is 2. The number of benzene rings is 1. The molecule has 0 aromatic heterocycles. The summed E-state index contributed by atoms with van der Waals surface area (Å²) in [5.41, 5.74) is 2.12. The largest absolute Gasteiger partial charge is 0.480 e. The predicted octanol–water partition coefficient (Wildman–Crippen LogP) is 1.66. The third-order valence-electron chi connectivity index (χ3n) is 3.18. The van der Waals surface area contributed by atoms with Crippen LogP contribution >= 0.6 is 0 Å². The molecule has 1 aliphatic rings. The Morgan fingerprint density at radius 3 is 2.74 bits per heavy atom. The number of urea groups is 1.